The average molecular weight is 916 g/mol. The summed E-state index contributed by atoms with van der Waals surface area (Å²) in [6.07, 6.45) is 0. The molecule has 10 aromatic rings. The van der Waals surface area contributed by atoms with Crippen molar-refractivity contribution in [3.05, 3.63) is 6.07 Å². The maximum atomic E-state index is 7.28. The highest BCUT2D eigenvalue weighted by Gasteiger charge is 2.33. The molecule has 0 spiro atoms. The van der Waals surface area contributed by atoms with Crippen molar-refractivity contribution in [1.29, 1.82) is 0 Å². The average Bonchev–Trinajstić information content (AvgIpc) is 3.79. The molecule has 0 fully saturated rings. The lowest BCUT2D eigenvalue weighted by Gasteiger charge is -2.32. The third-order valence-electron chi connectivity index (χ3n) is 21.3. The van der Waals surface area contributed by atoms with Gasteiger partial charge in [-0.1, -0.05) is 104 Å². The lowest BCUT2D eigenvalue weighted by molar-refractivity contribution is 0.675. The van der Waals surface area contributed by atoms with Crippen LogP contribution in [0.25, 0.3) is 98.4 Å². The maximum absolute atomic E-state index is 7.28. The Morgan fingerprint density at radius 1 is 0.176 bits per heavy atom. The van der Waals surface area contributed by atoms with E-state index in [2.05, 4.69) is 218 Å². The van der Waals surface area contributed by atoms with Crippen molar-refractivity contribution in [3.8, 4) is 33.4 Å². The number of hydrogen-bond donors (Lipinski definition) is 0. The van der Waals surface area contributed by atoms with Crippen LogP contribution in [0.4, 0.5) is 0 Å². The Labute approximate surface area is 465 Å². The second-order valence-electron chi connectivity index (χ2n) is 23.9. The van der Waals surface area contributed by atoms with Crippen LogP contribution in [0.15, 0.2) is 10.5 Å². The molecule has 326 valence electrons. The summed E-state index contributed by atoms with van der Waals surface area (Å²) in [5.41, 5.74) is 47.0. The van der Waals surface area contributed by atoms with Crippen LogP contribution >= 0.6 is 0 Å². The Balaban J connectivity index is 1.57. The summed E-state index contributed by atoms with van der Waals surface area (Å²) >= 11 is 0. The smallest absolute Gasteiger partial charge is 0.143 e. The first-order valence-corrected chi connectivity index (χ1v) is 27.5. The molecule has 0 aliphatic rings. The summed E-state index contributed by atoms with van der Waals surface area (Å²) in [6.45, 7) is 0. The molecule has 0 bridgehead atoms. The van der Waals surface area contributed by atoms with E-state index in [0.717, 1.165) is 11.2 Å². The summed E-state index contributed by atoms with van der Waals surface area (Å²) in [5.74, 6) is 0. The predicted molar refractivity (Wildman–Crippen MR) is 421 cm³/mol. The molecule has 74 heavy (non-hydrogen) atoms. The fourth-order valence-electron chi connectivity index (χ4n) is 14.5. The van der Waals surface area contributed by atoms with E-state index in [-0.39, 0.29) is 0 Å². The molecule has 0 radical (unpaired) electrons. The molecule has 0 atom stereocenters. The SMILES string of the molecule is Bc1cc2c(-c3c(B)c(B)c(-c4c5c(B)c(B)c(B)c(B)c5c(-c5c(B)c(B)c(B)c6oc7c(B)c(B)c(B)c(B)c7c56)c5c(B)c(B)c(B)c(B)c45)c4c(B)c(B)c(B)c(B)c34)c(B)c(B)c(B)c2c(B)c1B. The van der Waals surface area contributed by atoms with Gasteiger partial charge in [0, 0.05) is 10.8 Å². The number of rotatable bonds is 3. The standard InChI is InChI=1S/C46H55B27O/c47-3-1-2-4(20(49)33(62)22(51)5(2)21(50)19(3)48)8-15-16(31(60)39(68)38(67)30(15)59)13(24(53)23(8)52)6-9-11(27(56)36(65)34(63)25(9)54)7(12-10(6)26(55)35(64)37(66)28(12)57)14-17-18-32(61)40(69)42(71)44(73)46(18)74-45(17)43(72)41(70)29(14)58/h1H,47-73H2. The number of furan rings is 1. The Morgan fingerprint density at radius 2 is 0.405 bits per heavy atom. The molecule has 28 heteroatoms. The number of benzene rings is 9. The minimum Gasteiger partial charge on any atom is -0.457 e. The maximum Gasteiger partial charge on any atom is 0.143 e. The van der Waals surface area contributed by atoms with Gasteiger partial charge in [0.25, 0.3) is 0 Å². The fraction of sp³-hybridized carbons (Fsp3) is 0. The zero-order valence-corrected chi connectivity index (χ0v) is 50.5. The largest absolute Gasteiger partial charge is 0.457 e. The third kappa shape index (κ3) is 6.69. The molecule has 0 aliphatic carbocycles. The van der Waals surface area contributed by atoms with Crippen molar-refractivity contribution < 1.29 is 4.42 Å². The summed E-state index contributed by atoms with van der Waals surface area (Å²) < 4.78 is 7.28. The van der Waals surface area contributed by atoms with Crippen LogP contribution in [-0.2, 0) is 0 Å². The van der Waals surface area contributed by atoms with E-state index in [1.165, 1.54) is 235 Å². The summed E-state index contributed by atoms with van der Waals surface area (Å²) in [4.78, 5) is 0. The lowest BCUT2D eigenvalue weighted by Crippen LogP contribution is -2.51. The van der Waals surface area contributed by atoms with E-state index >= 15 is 0 Å². The highest BCUT2D eigenvalue weighted by Crippen LogP contribution is 2.44. The molecular weight excluding hydrogens is 860 g/mol. The molecular formula is C46H55B27O. The minimum absolute atomic E-state index is 1.02. The molecule has 0 aliphatic heterocycles. The van der Waals surface area contributed by atoms with Crippen LogP contribution in [0.3, 0.4) is 0 Å². The predicted octanol–water partition coefficient (Wildman–Crippen LogP) is -33.8. The molecule has 9 aromatic carbocycles. The minimum atomic E-state index is 1.02. The van der Waals surface area contributed by atoms with Gasteiger partial charge in [0.1, 0.15) is 223 Å². The van der Waals surface area contributed by atoms with Crippen LogP contribution in [-0.4, -0.2) is 212 Å². The first-order chi connectivity index (χ1) is 34.6. The van der Waals surface area contributed by atoms with Gasteiger partial charge in [-0.25, -0.2) is 0 Å². The Morgan fingerprint density at radius 3 is 0.797 bits per heavy atom. The van der Waals surface area contributed by atoms with Crippen molar-refractivity contribution in [2.45, 2.75) is 0 Å². The van der Waals surface area contributed by atoms with Crippen LogP contribution in [0, 0.1) is 0 Å². The number of fused-ring (bicyclic) bond motifs is 7. The molecule has 0 amide bonds. The highest BCUT2D eigenvalue weighted by molar-refractivity contribution is 6.77. The number of hydrogen-bond acceptors (Lipinski definition) is 1. The Hall–Kier alpha value is -4.43. The van der Waals surface area contributed by atoms with E-state index in [0.29, 0.717) is 0 Å². The van der Waals surface area contributed by atoms with Crippen molar-refractivity contribution in [3.63, 3.8) is 0 Å². The Kier molecular flexibility index (Phi) is 12.8. The van der Waals surface area contributed by atoms with Crippen molar-refractivity contribution in [2.24, 2.45) is 0 Å². The first-order valence-electron chi connectivity index (χ1n) is 27.5. The lowest BCUT2D eigenvalue weighted by atomic mass is 9.56. The van der Waals surface area contributed by atoms with E-state index in [9.17, 15) is 0 Å². The molecule has 1 aromatic heterocycles. The quantitative estimate of drug-likeness (QED) is 0.127. The second kappa shape index (κ2) is 17.8. The summed E-state index contributed by atoms with van der Waals surface area (Å²) in [5, 5.41) is 13.7. The van der Waals surface area contributed by atoms with Gasteiger partial charge in [0.2, 0.25) is 0 Å². The molecule has 0 unspecified atom stereocenters. The van der Waals surface area contributed by atoms with Gasteiger partial charge in [-0.3, -0.25) is 0 Å². The van der Waals surface area contributed by atoms with Crippen molar-refractivity contribution >= 4 is 424 Å². The van der Waals surface area contributed by atoms with E-state index in [4.69, 9.17) is 4.42 Å². The van der Waals surface area contributed by atoms with Gasteiger partial charge in [0.15, 0.2) is 0 Å². The normalized spacial score (nSPS) is 11.9. The van der Waals surface area contributed by atoms with Gasteiger partial charge in [-0.15, -0.1) is 49.2 Å². The van der Waals surface area contributed by atoms with Gasteiger partial charge in [0.05, 0.1) is 0 Å². The summed E-state index contributed by atoms with van der Waals surface area (Å²) in [7, 11) is 64.0. The van der Waals surface area contributed by atoms with E-state index in [1.54, 1.807) is 0 Å². The molecule has 1 nitrogen and oxygen atoms in total. The van der Waals surface area contributed by atoms with Crippen LogP contribution < -0.4 is 147 Å². The van der Waals surface area contributed by atoms with Crippen molar-refractivity contribution in [1.82, 2.24) is 0 Å². The highest BCUT2D eigenvalue weighted by atomic mass is 16.3. The van der Waals surface area contributed by atoms with Gasteiger partial charge < -0.3 is 4.42 Å². The topological polar surface area (TPSA) is 13.1 Å². The van der Waals surface area contributed by atoms with Crippen LogP contribution in [0.5, 0.6) is 0 Å². The zero-order valence-electron chi connectivity index (χ0n) is 50.5. The molecule has 1 heterocycles. The summed E-state index contributed by atoms with van der Waals surface area (Å²) in [6, 6.07) is 2.51. The second-order valence-corrected chi connectivity index (χ2v) is 23.9. The van der Waals surface area contributed by atoms with Crippen LogP contribution in [0.1, 0.15) is 0 Å². The van der Waals surface area contributed by atoms with E-state index in [1.807, 2.05) is 0 Å². The molecule has 0 N–H and O–H groups in total. The van der Waals surface area contributed by atoms with Gasteiger partial charge in [-0.2, -0.15) is 0 Å². The molecule has 0 saturated heterocycles. The Bertz CT molecular complexity index is 4300. The van der Waals surface area contributed by atoms with Crippen LogP contribution in [0.2, 0.25) is 0 Å². The molecule has 10 rings (SSSR count). The van der Waals surface area contributed by atoms with Crippen molar-refractivity contribution in [2.75, 3.05) is 0 Å². The molecule has 0 saturated carbocycles. The fourth-order valence-corrected chi connectivity index (χ4v) is 14.5. The first kappa shape index (κ1) is 53.0. The van der Waals surface area contributed by atoms with Gasteiger partial charge in [-0.05, 0) is 76.5 Å². The van der Waals surface area contributed by atoms with Gasteiger partial charge >= 0.3 is 0 Å². The zero-order chi connectivity index (χ0) is 54.4. The van der Waals surface area contributed by atoms with E-state index < -0.39 is 0 Å². The monoisotopic (exact) mass is 921 g/mol. The third-order valence-corrected chi connectivity index (χ3v) is 21.3.